The Kier molecular flexibility index (Phi) is 3.55. The van der Waals surface area contributed by atoms with E-state index in [0.717, 1.165) is 27.8 Å². The van der Waals surface area contributed by atoms with Gasteiger partial charge in [-0.05, 0) is 18.9 Å². The van der Waals surface area contributed by atoms with Crippen LogP contribution in [0.15, 0.2) is 29.2 Å². The number of rotatable bonds is 3. The Hall–Kier alpha value is -0.620. The predicted octanol–water partition coefficient (Wildman–Crippen LogP) is 3.42. The van der Waals surface area contributed by atoms with Crippen LogP contribution in [0.4, 0.5) is 0 Å². The number of benzene rings is 1. The molecule has 19 heavy (non-hydrogen) atoms. The van der Waals surface area contributed by atoms with Crippen molar-refractivity contribution in [2.24, 2.45) is 0 Å². The van der Waals surface area contributed by atoms with Gasteiger partial charge in [-0.15, -0.1) is 22.9 Å². The Morgan fingerprint density at radius 2 is 1.89 bits per heavy atom. The molecule has 6 heteroatoms. The molecule has 1 fully saturated rings. The molecule has 2 aromatic rings. The topological polar surface area (TPSA) is 37.4 Å². The first-order valence-corrected chi connectivity index (χ1v) is 9.00. The van der Waals surface area contributed by atoms with Gasteiger partial charge in [0.15, 0.2) is 0 Å². The van der Waals surface area contributed by atoms with Crippen molar-refractivity contribution in [1.29, 1.82) is 0 Å². The molecule has 0 spiro atoms. The van der Waals surface area contributed by atoms with E-state index in [2.05, 4.69) is 0 Å². The minimum atomic E-state index is -3.41. The highest BCUT2D eigenvalue weighted by Crippen LogP contribution is 2.37. The zero-order valence-electron chi connectivity index (χ0n) is 10.3. The van der Waals surface area contributed by atoms with Crippen molar-refractivity contribution in [3.63, 3.8) is 0 Å². The lowest BCUT2D eigenvalue weighted by Crippen LogP contribution is -2.28. The summed E-state index contributed by atoms with van der Waals surface area (Å²) in [6.07, 6.45) is 1.88. The molecular formula is C13H14ClNO2S2. The molecule has 0 aliphatic carbocycles. The predicted molar refractivity (Wildman–Crippen MR) is 79.4 cm³/mol. The molecule has 1 saturated heterocycles. The molecule has 102 valence electrons. The van der Waals surface area contributed by atoms with Gasteiger partial charge >= 0.3 is 0 Å². The van der Waals surface area contributed by atoms with Crippen molar-refractivity contribution in [2.75, 3.05) is 13.1 Å². The Morgan fingerprint density at radius 1 is 1.21 bits per heavy atom. The van der Waals surface area contributed by atoms with Gasteiger partial charge in [-0.3, -0.25) is 0 Å². The van der Waals surface area contributed by atoms with Crippen molar-refractivity contribution >= 4 is 43.0 Å². The molecule has 0 atom stereocenters. The van der Waals surface area contributed by atoms with E-state index >= 15 is 0 Å². The van der Waals surface area contributed by atoms with Crippen LogP contribution in [0.5, 0.6) is 0 Å². The molecule has 0 radical (unpaired) electrons. The number of sulfonamides is 1. The number of halogens is 1. The lowest BCUT2D eigenvalue weighted by atomic mass is 10.2. The lowest BCUT2D eigenvalue weighted by molar-refractivity contribution is 0.478. The van der Waals surface area contributed by atoms with Crippen LogP contribution in [0.1, 0.15) is 17.7 Å². The Morgan fingerprint density at radius 3 is 2.58 bits per heavy atom. The molecule has 0 bridgehead atoms. The zero-order chi connectivity index (χ0) is 13.5. The summed E-state index contributed by atoms with van der Waals surface area (Å²) >= 11 is 7.42. The number of fused-ring (bicyclic) bond motifs is 1. The minimum absolute atomic E-state index is 0.238. The SMILES string of the molecule is O=S(=O)(c1c(CCl)sc2ccccc12)N1CCCC1. The fourth-order valence-electron chi connectivity index (χ4n) is 2.50. The zero-order valence-corrected chi connectivity index (χ0v) is 12.7. The highest BCUT2D eigenvalue weighted by Gasteiger charge is 2.31. The van der Waals surface area contributed by atoms with Crippen molar-refractivity contribution < 1.29 is 8.42 Å². The molecular weight excluding hydrogens is 302 g/mol. The highest BCUT2D eigenvalue weighted by atomic mass is 35.5. The van der Waals surface area contributed by atoms with Gasteiger partial charge in [0.05, 0.1) is 5.88 Å². The number of hydrogen-bond donors (Lipinski definition) is 0. The fraction of sp³-hybridized carbons (Fsp3) is 0.385. The average Bonchev–Trinajstić information content (AvgIpc) is 3.05. The molecule has 3 nitrogen and oxygen atoms in total. The molecule has 1 aromatic carbocycles. The van der Waals surface area contributed by atoms with Crippen molar-refractivity contribution in [3.8, 4) is 0 Å². The molecule has 1 aliphatic heterocycles. The summed E-state index contributed by atoms with van der Waals surface area (Å²) < 4.78 is 28.1. The Balaban J connectivity index is 2.23. The molecule has 0 unspecified atom stereocenters. The van der Waals surface area contributed by atoms with Gasteiger partial charge in [-0.2, -0.15) is 4.31 Å². The van der Waals surface area contributed by atoms with Crippen LogP contribution < -0.4 is 0 Å². The molecule has 3 rings (SSSR count). The summed E-state index contributed by atoms with van der Waals surface area (Å²) in [5.41, 5.74) is 0. The van der Waals surface area contributed by atoms with E-state index in [4.69, 9.17) is 11.6 Å². The van der Waals surface area contributed by atoms with Gasteiger partial charge in [-0.1, -0.05) is 18.2 Å². The van der Waals surface area contributed by atoms with E-state index in [1.165, 1.54) is 11.3 Å². The average molecular weight is 316 g/mol. The van der Waals surface area contributed by atoms with Crippen molar-refractivity contribution in [3.05, 3.63) is 29.1 Å². The maximum atomic E-state index is 12.8. The van der Waals surface area contributed by atoms with Gasteiger partial charge in [0, 0.05) is 28.1 Å². The van der Waals surface area contributed by atoms with Gasteiger partial charge in [0.1, 0.15) is 4.90 Å². The van der Waals surface area contributed by atoms with Gasteiger partial charge < -0.3 is 0 Å². The first-order chi connectivity index (χ1) is 9.14. The van der Waals surface area contributed by atoms with E-state index in [-0.39, 0.29) is 5.88 Å². The van der Waals surface area contributed by atoms with Gasteiger partial charge in [0.25, 0.3) is 0 Å². The van der Waals surface area contributed by atoms with Crippen LogP contribution in [0.25, 0.3) is 10.1 Å². The van der Waals surface area contributed by atoms with E-state index in [0.29, 0.717) is 18.0 Å². The molecule has 0 N–H and O–H groups in total. The van der Waals surface area contributed by atoms with Crippen LogP contribution in [-0.2, 0) is 15.9 Å². The number of thiophene rings is 1. The third-order valence-corrected chi connectivity index (χ3v) is 7.16. The van der Waals surface area contributed by atoms with Crippen molar-refractivity contribution in [2.45, 2.75) is 23.6 Å². The van der Waals surface area contributed by atoms with Crippen LogP contribution in [0, 0.1) is 0 Å². The third-order valence-electron chi connectivity index (χ3n) is 3.40. The lowest BCUT2D eigenvalue weighted by Gasteiger charge is -2.16. The third kappa shape index (κ3) is 2.18. The second kappa shape index (κ2) is 5.05. The normalized spacial score (nSPS) is 17.3. The van der Waals surface area contributed by atoms with Crippen LogP contribution >= 0.6 is 22.9 Å². The summed E-state index contributed by atoms with van der Waals surface area (Å²) in [4.78, 5) is 1.17. The number of alkyl halides is 1. The fourth-order valence-corrected chi connectivity index (χ4v) is 6.15. The van der Waals surface area contributed by atoms with Crippen LogP contribution in [0.3, 0.4) is 0 Å². The van der Waals surface area contributed by atoms with Crippen LogP contribution in [0.2, 0.25) is 0 Å². The molecule has 2 heterocycles. The summed E-state index contributed by atoms with van der Waals surface area (Å²) in [6.45, 7) is 1.24. The summed E-state index contributed by atoms with van der Waals surface area (Å²) in [6, 6.07) is 7.60. The van der Waals surface area contributed by atoms with Crippen LogP contribution in [-0.4, -0.2) is 25.8 Å². The standard InChI is InChI=1S/C13H14ClNO2S2/c14-9-12-13(10-5-1-2-6-11(10)18-12)19(16,17)15-7-3-4-8-15/h1-2,5-6H,3-4,7-9H2. The van der Waals surface area contributed by atoms with E-state index in [1.54, 1.807) is 4.31 Å². The summed E-state index contributed by atoms with van der Waals surface area (Å²) in [5.74, 6) is 0.238. The quantitative estimate of drug-likeness (QED) is 0.814. The second-order valence-corrected chi connectivity index (χ2v) is 7.87. The minimum Gasteiger partial charge on any atom is -0.207 e. The molecule has 0 amide bonds. The highest BCUT2D eigenvalue weighted by molar-refractivity contribution is 7.89. The smallest absolute Gasteiger partial charge is 0.207 e. The Bertz CT molecular complexity index is 703. The molecule has 0 saturated carbocycles. The number of hydrogen-bond acceptors (Lipinski definition) is 3. The first-order valence-electron chi connectivity index (χ1n) is 6.21. The first kappa shape index (κ1) is 13.4. The van der Waals surface area contributed by atoms with Gasteiger partial charge in [-0.25, -0.2) is 8.42 Å². The molecule has 1 aliphatic rings. The maximum Gasteiger partial charge on any atom is 0.244 e. The van der Waals surface area contributed by atoms with Gasteiger partial charge in [0.2, 0.25) is 10.0 Å². The van der Waals surface area contributed by atoms with E-state index in [1.807, 2.05) is 24.3 Å². The van der Waals surface area contributed by atoms with Crippen molar-refractivity contribution in [1.82, 2.24) is 4.31 Å². The summed E-state index contributed by atoms with van der Waals surface area (Å²) in [7, 11) is -3.41. The van der Waals surface area contributed by atoms with E-state index < -0.39 is 10.0 Å². The second-order valence-electron chi connectivity index (χ2n) is 4.60. The monoisotopic (exact) mass is 315 g/mol. The summed E-state index contributed by atoms with van der Waals surface area (Å²) in [5, 5.41) is 0.801. The largest absolute Gasteiger partial charge is 0.244 e. The maximum absolute atomic E-state index is 12.8. The number of nitrogens with zero attached hydrogens (tertiary/aromatic N) is 1. The van der Waals surface area contributed by atoms with E-state index in [9.17, 15) is 8.42 Å². The molecule has 1 aromatic heterocycles. The Labute approximate surface area is 121 Å².